The van der Waals surface area contributed by atoms with Gasteiger partial charge in [0, 0.05) is 17.3 Å². The Bertz CT molecular complexity index is 820. The predicted molar refractivity (Wildman–Crippen MR) is 80.4 cm³/mol. The van der Waals surface area contributed by atoms with E-state index in [2.05, 4.69) is 10.3 Å². The zero-order valence-corrected chi connectivity index (χ0v) is 11.6. The molecule has 2 N–H and O–H groups in total. The number of aryl methyl sites for hydroxylation is 1. The lowest BCUT2D eigenvalue weighted by Crippen LogP contribution is -2.01. The molecule has 1 heterocycles. The summed E-state index contributed by atoms with van der Waals surface area (Å²) >= 11 is 5.94. The minimum absolute atomic E-state index is 0.439. The Morgan fingerprint density at radius 3 is 2.90 bits per heavy atom. The third kappa shape index (κ3) is 2.56. The molecule has 0 unspecified atom stereocenters. The Balaban J connectivity index is 1.80. The normalized spacial score (nSPS) is 10.9. The summed E-state index contributed by atoms with van der Waals surface area (Å²) in [4.78, 5) is 13.7. The zero-order valence-electron chi connectivity index (χ0n) is 10.9. The highest BCUT2D eigenvalue weighted by molar-refractivity contribution is 6.30. The molecule has 102 valence electrons. The molecule has 0 amide bonds. The predicted octanol–water partition coefficient (Wildman–Crippen LogP) is 3.70. The van der Waals surface area contributed by atoms with Crippen molar-refractivity contribution >= 4 is 28.4 Å². The highest BCUT2D eigenvalue weighted by Gasteiger charge is 2.03. The third-order valence-electron chi connectivity index (χ3n) is 3.21. The first-order valence-electron chi connectivity index (χ1n) is 6.23. The van der Waals surface area contributed by atoms with E-state index < -0.39 is 5.76 Å². The van der Waals surface area contributed by atoms with E-state index in [1.165, 1.54) is 5.56 Å². The lowest BCUT2D eigenvalue weighted by Gasteiger charge is -2.09. The number of benzene rings is 2. The van der Waals surface area contributed by atoms with Crippen LogP contribution < -0.4 is 11.1 Å². The van der Waals surface area contributed by atoms with Gasteiger partial charge in [0.2, 0.25) is 0 Å². The van der Waals surface area contributed by atoms with Gasteiger partial charge in [-0.1, -0.05) is 17.7 Å². The molecule has 0 atom stereocenters. The molecule has 2 aromatic carbocycles. The summed E-state index contributed by atoms with van der Waals surface area (Å²) in [6, 6.07) is 11.3. The van der Waals surface area contributed by atoms with Crippen molar-refractivity contribution in [2.75, 3.05) is 5.32 Å². The minimum Gasteiger partial charge on any atom is -0.408 e. The number of aromatic nitrogens is 1. The number of H-pyrrole nitrogens is 1. The first kappa shape index (κ1) is 12.8. The number of aromatic amines is 1. The van der Waals surface area contributed by atoms with Gasteiger partial charge >= 0.3 is 5.76 Å². The summed E-state index contributed by atoms with van der Waals surface area (Å²) in [6.07, 6.45) is 0. The molecule has 5 heteroatoms. The summed E-state index contributed by atoms with van der Waals surface area (Å²) in [5, 5.41) is 4.06. The molecule has 20 heavy (non-hydrogen) atoms. The van der Waals surface area contributed by atoms with E-state index in [1.807, 2.05) is 37.3 Å². The van der Waals surface area contributed by atoms with Crippen LogP contribution in [0.25, 0.3) is 11.1 Å². The van der Waals surface area contributed by atoms with Crippen molar-refractivity contribution in [3.63, 3.8) is 0 Å². The molecule has 4 nitrogen and oxygen atoms in total. The molecule has 1 aromatic heterocycles. The van der Waals surface area contributed by atoms with Crippen LogP contribution in [0.2, 0.25) is 5.02 Å². The molecule has 0 spiro atoms. The van der Waals surface area contributed by atoms with Crippen LogP contribution in [0, 0.1) is 6.92 Å². The molecule has 0 aliphatic carbocycles. The third-order valence-corrected chi connectivity index (χ3v) is 3.44. The molecule has 0 saturated heterocycles. The number of fused-ring (bicyclic) bond motifs is 1. The maximum atomic E-state index is 11.1. The van der Waals surface area contributed by atoms with Gasteiger partial charge in [-0.3, -0.25) is 4.98 Å². The molecular weight excluding hydrogens is 276 g/mol. The molecule has 0 fully saturated rings. The second-order valence-electron chi connectivity index (χ2n) is 4.65. The number of hydrogen-bond donors (Lipinski definition) is 2. The number of halogens is 1. The SMILES string of the molecule is Cc1cc(Cl)ccc1CNc1ccc2oc(=O)[nH]c2c1. The lowest BCUT2D eigenvalue weighted by atomic mass is 10.1. The Kier molecular flexibility index (Phi) is 3.24. The van der Waals surface area contributed by atoms with Gasteiger partial charge in [0.1, 0.15) is 0 Å². The summed E-state index contributed by atoms with van der Waals surface area (Å²) in [6.45, 7) is 2.72. The van der Waals surface area contributed by atoms with E-state index in [4.69, 9.17) is 16.0 Å². The van der Waals surface area contributed by atoms with Gasteiger partial charge in [0.25, 0.3) is 0 Å². The summed E-state index contributed by atoms with van der Waals surface area (Å²) < 4.78 is 4.96. The van der Waals surface area contributed by atoms with E-state index in [0.717, 1.165) is 16.3 Å². The van der Waals surface area contributed by atoms with Crippen LogP contribution in [-0.4, -0.2) is 4.98 Å². The highest BCUT2D eigenvalue weighted by atomic mass is 35.5. The van der Waals surface area contributed by atoms with Crippen LogP contribution in [0.4, 0.5) is 5.69 Å². The van der Waals surface area contributed by atoms with Gasteiger partial charge in [0.15, 0.2) is 5.58 Å². The average Bonchev–Trinajstić information content (AvgIpc) is 2.77. The molecule has 3 rings (SSSR count). The largest absolute Gasteiger partial charge is 0.417 e. The van der Waals surface area contributed by atoms with Crippen molar-refractivity contribution in [3.05, 3.63) is 63.1 Å². The molecule has 0 saturated carbocycles. The Morgan fingerprint density at radius 1 is 1.25 bits per heavy atom. The second kappa shape index (κ2) is 5.06. The van der Waals surface area contributed by atoms with Crippen molar-refractivity contribution in [1.29, 1.82) is 0 Å². The van der Waals surface area contributed by atoms with E-state index in [1.54, 1.807) is 6.07 Å². The maximum Gasteiger partial charge on any atom is 0.417 e. The van der Waals surface area contributed by atoms with Gasteiger partial charge in [-0.05, 0) is 48.4 Å². The summed E-state index contributed by atoms with van der Waals surface area (Å²) in [5.41, 5.74) is 4.48. The van der Waals surface area contributed by atoms with Gasteiger partial charge in [-0.2, -0.15) is 0 Å². The topological polar surface area (TPSA) is 58.0 Å². The van der Waals surface area contributed by atoms with Gasteiger partial charge < -0.3 is 9.73 Å². The maximum absolute atomic E-state index is 11.1. The zero-order chi connectivity index (χ0) is 14.1. The van der Waals surface area contributed by atoms with Gasteiger partial charge in [0.05, 0.1) is 5.52 Å². The van der Waals surface area contributed by atoms with Crippen molar-refractivity contribution in [2.24, 2.45) is 0 Å². The number of rotatable bonds is 3. The van der Waals surface area contributed by atoms with Crippen molar-refractivity contribution < 1.29 is 4.42 Å². The lowest BCUT2D eigenvalue weighted by molar-refractivity contribution is 0.555. The summed E-state index contributed by atoms with van der Waals surface area (Å²) in [7, 11) is 0. The van der Waals surface area contributed by atoms with Crippen molar-refractivity contribution in [1.82, 2.24) is 4.98 Å². The molecule has 0 radical (unpaired) electrons. The van der Waals surface area contributed by atoms with E-state index in [-0.39, 0.29) is 0 Å². The van der Waals surface area contributed by atoms with E-state index >= 15 is 0 Å². The minimum atomic E-state index is -0.439. The number of anilines is 1. The van der Waals surface area contributed by atoms with Crippen LogP contribution >= 0.6 is 11.6 Å². The average molecular weight is 289 g/mol. The van der Waals surface area contributed by atoms with E-state index in [0.29, 0.717) is 17.6 Å². The first-order chi connectivity index (χ1) is 9.61. The van der Waals surface area contributed by atoms with Gasteiger partial charge in [-0.25, -0.2) is 4.79 Å². The fourth-order valence-electron chi connectivity index (χ4n) is 2.12. The first-order valence-corrected chi connectivity index (χ1v) is 6.61. The quantitative estimate of drug-likeness (QED) is 0.773. The Labute approximate surface area is 120 Å². The van der Waals surface area contributed by atoms with Crippen LogP contribution in [0.3, 0.4) is 0 Å². The second-order valence-corrected chi connectivity index (χ2v) is 5.09. The fourth-order valence-corrected chi connectivity index (χ4v) is 2.34. The van der Waals surface area contributed by atoms with Crippen LogP contribution in [0.15, 0.2) is 45.6 Å². The summed E-state index contributed by atoms with van der Waals surface area (Å²) in [5.74, 6) is -0.439. The molecule has 0 aliphatic heterocycles. The van der Waals surface area contributed by atoms with Crippen LogP contribution in [0.1, 0.15) is 11.1 Å². The Hall–Kier alpha value is -2.20. The van der Waals surface area contributed by atoms with Crippen LogP contribution in [0.5, 0.6) is 0 Å². The Morgan fingerprint density at radius 2 is 2.10 bits per heavy atom. The molecule has 3 aromatic rings. The smallest absolute Gasteiger partial charge is 0.408 e. The monoisotopic (exact) mass is 288 g/mol. The number of nitrogens with one attached hydrogen (secondary N) is 2. The standard InChI is InChI=1S/C15H13ClN2O2/c1-9-6-11(16)3-2-10(9)8-17-12-4-5-14-13(7-12)18-15(19)20-14/h2-7,17H,8H2,1H3,(H,18,19). The van der Waals surface area contributed by atoms with Crippen LogP contribution in [-0.2, 0) is 6.54 Å². The number of oxazole rings is 1. The molecule has 0 aliphatic rings. The van der Waals surface area contributed by atoms with Crippen molar-refractivity contribution in [3.8, 4) is 0 Å². The highest BCUT2D eigenvalue weighted by Crippen LogP contribution is 2.19. The van der Waals surface area contributed by atoms with Gasteiger partial charge in [-0.15, -0.1) is 0 Å². The van der Waals surface area contributed by atoms with Crippen molar-refractivity contribution in [2.45, 2.75) is 13.5 Å². The van der Waals surface area contributed by atoms with E-state index in [9.17, 15) is 4.79 Å². The number of hydrogen-bond acceptors (Lipinski definition) is 3. The fraction of sp³-hybridized carbons (Fsp3) is 0.133. The molecular formula is C15H13ClN2O2. The molecule has 0 bridgehead atoms.